The van der Waals surface area contributed by atoms with Crippen LogP contribution in [0.15, 0.2) is 47.1 Å². The van der Waals surface area contributed by atoms with Gasteiger partial charge in [0.05, 0.1) is 13.2 Å². The zero-order chi connectivity index (χ0) is 24.3. The molecule has 0 spiro atoms. The highest BCUT2D eigenvalue weighted by molar-refractivity contribution is 5.94. The van der Waals surface area contributed by atoms with E-state index in [9.17, 15) is 15.0 Å². The van der Waals surface area contributed by atoms with Gasteiger partial charge in [0.15, 0.2) is 5.78 Å². The predicted octanol–water partition coefficient (Wildman–Crippen LogP) is 6.63. The number of phenols is 1. The molecule has 32 heavy (non-hydrogen) atoms. The van der Waals surface area contributed by atoms with Gasteiger partial charge in [0.1, 0.15) is 11.5 Å². The number of carbonyl (C=O) groups excluding carboxylic acids is 1. The van der Waals surface area contributed by atoms with Gasteiger partial charge in [-0.25, -0.2) is 0 Å². The number of hydrogen-bond acceptors (Lipinski definition) is 4. The number of methoxy groups -OCH3 is 1. The topological polar surface area (TPSA) is 66.8 Å². The molecule has 1 aromatic rings. The molecule has 0 amide bonds. The number of ether oxygens (including phenoxy) is 1. The Kier molecular flexibility index (Phi) is 12.1. The molecule has 4 heteroatoms. The minimum absolute atomic E-state index is 0.235. The molecule has 0 aromatic heterocycles. The van der Waals surface area contributed by atoms with Crippen molar-refractivity contribution in [2.75, 3.05) is 7.11 Å². The van der Waals surface area contributed by atoms with Crippen LogP contribution in [0.3, 0.4) is 0 Å². The summed E-state index contributed by atoms with van der Waals surface area (Å²) in [5, 5.41) is 20.7. The maximum Gasteiger partial charge on any atom is 0.158 e. The molecule has 0 saturated heterocycles. The largest absolute Gasteiger partial charge is 0.507 e. The van der Waals surface area contributed by atoms with Crippen LogP contribution in [0.1, 0.15) is 77.8 Å². The third kappa shape index (κ3) is 10.3. The highest BCUT2D eigenvalue weighted by Crippen LogP contribution is 2.28. The fourth-order valence-corrected chi connectivity index (χ4v) is 3.51. The van der Waals surface area contributed by atoms with E-state index in [0.29, 0.717) is 25.2 Å². The molecule has 1 atom stereocenters. The van der Waals surface area contributed by atoms with Crippen LogP contribution < -0.4 is 4.74 Å². The first-order valence-corrected chi connectivity index (χ1v) is 11.6. The number of Topliss-reactive ketones (excluding diaryl/α,β-unsaturated/α-hetero) is 1. The van der Waals surface area contributed by atoms with Crippen LogP contribution in [-0.2, 0) is 11.2 Å². The van der Waals surface area contributed by atoms with Gasteiger partial charge in [0.2, 0.25) is 0 Å². The van der Waals surface area contributed by atoms with Crippen molar-refractivity contribution in [3.05, 3.63) is 58.2 Å². The molecule has 0 bridgehead atoms. The molecular formula is C28H42O4. The molecule has 4 nitrogen and oxygen atoms in total. The number of hydrogen-bond donors (Lipinski definition) is 2. The first-order valence-electron chi connectivity index (χ1n) is 11.6. The summed E-state index contributed by atoms with van der Waals surface area (Å²) in [7, 11) is 1.61. The maximum absolute atomic E-state index is 12.1. The Labute approximate surface area is 194 Å². The third-order valence-electron chi connectivity index (χ3n) is 5.64. The number of aliphatic hydroxyl groups is 1. The van der Waals surface area contributed by atoms with E-state index in [0.717, 1.165) is 52.9 Å². The molecule has 0 aliphatic rings. The zero-order valence-corrected chi connectivity index (χ0v) is 21.0. The van der Waals surface area contributed by atoms with Crippen molar-refractivity contribution in [3.8, 4) is 11.5 Å². The average Bonchev–Trinajstić information content (AvgIpc) is 2.72. The van der Waals surface area contributed by atoms with E-state index in [-0.39, 0.29) is 11.5 Å². The van der Waals surface area contributed by atoms with Gasteiger partial charge in [0, 0.05) is 12.0 Å². The average molecular weight is 443 g/mol. The molecular weight excluding hydrogens is 400 g/mol. The van der Waals surface area contributed by atoms with E-state index in [1.54, 1.807) is 7.11 Å². The molecule has 2 N–H and O–H groups in total. The Bertz CT molecular complexity index is 843. The highest BCUT2D eigenvalue weighted by atomic mass is 16.5. The molecule has 1 unspecified atom stereocenters. The van der Waals surface area contributed by atoms with Crippen molar-refractivity contribution in [2.45, 2.75) is 86.2 Å². The number of carbonyl (C=O) groups is 1. The standard InChI is InChI=1S/C28H42O4/c1-19(2)11-14-27(30)22(5)10-8-9-20(3)15-25(29)16-21(4)12-13-24-18-26(32-7)17-23(6)28(24)31/h10,12,15,17-19,25,29,31H,8-9,11,13-14,16H2,1-7H3/b20-15+,21-12+,22-10+. The van der Waals surface area contributed by atoms with Gasteiger partial charge in [-0.1, -0.05) is 43.2 Å². The van der Waals surface area contributed by atoms with Crippen LogP contribution in [0.25, 0.3) is 0 Å². The first-order chi connectivity index (χ1) is 15.0. The van der Waals surface area contributed by atoms with E-state index in [4.69, 9.17) is 4.74 Å². The minimum atomic E-state index is -0.551. The summed E-state index contributed by atoms with van der Waals surface area (Å²) < 4.78 is 5.28. The molecule has 1 aromatic carbocycles. The van der Waals surface area contributed by atoms with E-state index in [2.05, 4.69) is 13.8 Å². The quantitative estimate of drug-likeness (QED) is 0.266. The van der Waals surface area contributed by atoms with E-state index < -0.39 is 6.10 Å². The Morgan fingerprint density at radius 3 is 2.41 bits per heavy atom. The number of aromatic hydroxyl groups is 1. The molecule has 1 rings (SSSR count). The minimum Gasteiger partial charge on any atom is -0.507 e. The Morgan fingerprint density at radius 1 is 1.09 bits per heavy atom. The lowest BCUT2D eigenvalue weighted by atomic mass is 10.00. The van der Waals surface area contributed by atoms with Crippen molar-refractivity contribution in [3.63, 3.8) is 0 Å². The van der Waals surface area contributed by atoms with E-state index >= 15 is 0 Å². The monoisotopic (exact) mass is 442 g/mol. The summed E-state index contributed by atoms with van der Waals surface area (Å²) in [6.45, 7) is 12.0. The lowest BCUT2D eigenvalue weighted by molar-refractivity contribution is -0.115. The van der Waals surface area contributed by atoms with Crippen LogP contribution in [0, 0.1) is 12.8 Å². The first kappa shape index (κ1) is 27.7. The second-order valence-electron chi connectivity index (χ2n) is 9.27. The summed E-state index contributed by atoms with van der Waals surface area (Å²) in [5.41, 5.74) is 4.62. The summed E-state index contributed by atoms with van der Waals surface area (Å²) >= 11 is 0. The number of aliphatic hydroxyl groups excluding tert-OH is 1. The second kappa shape index (κ2) is 13.9. The van der Waals surface area contributed by atoms with Crippen molar-refractivity contribution < 1.29 is 19.7 Å². The van der Waals surface area contributed by atoms with Crippen molar-refractivity contribution in [1.29, 1.82) is 0 Å². The third-order valence-corrected chi connectivity index (χ3v) is 5.64. The fourth-order valence-electron chi connectivity index (χ4n) is 3.51. The van der Waals surface area contributed by atoms with Crippen LogP contribution in [0.5, 0.6) is 11.5 Å². The smallest absolute Gasteiger partial charge is 0.158 e. The SMILES string of the molecule is COc1cc(C)c(O)c(C/C=C(\C)CC(O)/C=C(\C)CC/C=C(\C)C(=O)CCC(C)C)c1. The summed E-state index contributed by atoms with van der Waals surface area (Å²) in [4.78, 5) is 12.1. The van der Waals surface area contributed by atoms with E-state index in [1.807, 2.05) is 58.1 Å². The lowest BCUT2D eigenvalue weighted by Crippen LogP contribution is -2.04. The summed E-state index contributed by atoms with van der Waals surface area (Å²) in [5.74, 6) is 1.79. The number of phenolic OH excluding ortho intramolecular Hbond substituents is 1. The van der Waals surface area contributed by atoms with Gasteiger partial charge < -0.3 is 14.9 Å². The number of rotatable bonds is 13. The van der Waals surface area contributed by atoms with E-state index in [1.165, 1.54) is 0 Å². The van der Waals surface area contributed by atoms with Gasteiger partial charge in [0.25, 0.3) is 0 Å². The maximum atomic E-state index is 12.1. The summed E-state index contributed by atoms with van der Waals surface area (Å²) in [6, 6.07) is 3.65. The normalized spacial score (nSPS) is 14.1. The number of ketones is 1. The molecule has 0 aliphatic heterocycles. The van der Waals surface area contributed by atoms with Gasteiger partial charge in [-0.05, 0) is 89.0 Å². The Balaban J connectivity index is 2.57. The van der Waals surface area contributed by atoms with Crippen molar-refractivity contribution in [2.24, 2.45) is 5.92 Å². The predicted molar refractivity (Wildman–Crippen MR) is 133 cm³/mol. The molecule has 0 saturated carbocycles. The number of benzene rings is 1. The van der Waals surface area contributed by atoms with Crippen molar-refractivity contribution >= 4 is 5.78 Å². The van der Waals surface area contributed by atoms with Gasteiger partial charge >= 0.3 is 0 Å². The number of aryl methyl sites for hydroxylation is 1. The lowest BCUT2D eigenvalue weighted by Gasteiger charge is -2.11. The highest BCUT2D eigenvalue weighted by Gasteiger charge is 2.08. The van der Waals surface area contributed by atoms with Gasteiger partial charge in [-0.15, -0.1) is 0 Å². The molecule has 0 radical (unpaired) electrons. The Morgan fingerprint density at radius 2 is 1.78 bits per heavy atom. The van der Waals surface area contributed by atoms with Crippen LogP contribution in [0.4, 0.5) is 0 Å². The van der Waals surface area contributed by atoms with Crippen LogP contribution in [0.2, 0.25) is 0 Å². The fraction of sp³-hybridized carbons (Fsp3) is 0.536. The van der Waals surface area contributed by atoms with Gasteiger partial charge in [-0.3, -0.25) is 4.79 Å². The summed E-state index contributed by atoms with van der Waals surface area (Å²) in [6.07, 6.45) is 9.70. The molecule has 0 heterocycles. The van der Waals surface area contributed by atoms with Crippen molar-refractivity contribution in [1.82, 2.24) is 0 Å². The molecule has 0 aliphatic carbocycles. The van der Waals surface area contributed by atoms with Gasteiger partial charge in [-0.2, -0.15) is 0 Å². The number of allylic oxidation sites excluding steroid dienone is 4. The van der Waals surface area contributed by atoms with Crippen LogP contribution in [-0.4, -0.2) is 29.2 Å². The molecule has 0 fully saturated rings. The molecule has 178 valence electrons. The zero-order valence-electron chi connectivity index (χ0n) is 21.0. The Hall–Kier alpha value is -2.33. The second-order valence-corrected chi connectivity index (χ2v) is 9.27. The van der Waals surface area contributed by atoms with Crippen LogP contribution >= 0.6 is 0 Å².